The summed E-state index contributed by atoms with van der Waals surface area (Å²) in [5.74, 6) is 0.911. The highest BCUT2D eigenvalue weighted by molar-refractivity contribution is 7.91. The van der Waals surface area contributed by atoms with E-state index < -0.39 is 9.84 Å². The molecule has 0 aromatic carbocycles. The van der Waals surface area contributed by atoms with Gasteiger partial charge in [-0.1, -0.05) is 6.92 Å². The van der Waals surface area contributed by atoms with Crippen LogP contribution in [0.4, 0.5) is 5.69 Å². The fourth-order valence-corrected chi connectivity index (χ4v) is 5.01. The van der Waals surface area contributed by atoms with Gasteiger partial charge in [0.1, 0.15) is 0 Å². The lowest BCUT2D eigenvalue weighted by Crippen LogP contribution is -2.39. The maximum Gasteiger partial charge on any atom is 0.255 e. The summed E-state index contributed by atoms with van der Waals surface area (Å²) in [4.78, 5) is 18.6. The maximum absolute atomic E-state index is 12.6. The van der Waals surface area contributed by atoms with Crippen molar-refractivity contribution in [2.45, 2.75) is 32.2 Å². The van der Waals surface area contributed by atoms with Crippen molar-refractivity contribution in [2.75, 3.05) is 29.9 Å². The zero-order chi connectivity index (χ0) is 16.4. The van der Waals surface area contributed by atoms with Crippen LogP contribution >= 0.6 is 0 Å². The molecule has 2 fully saturated rings. The fraction of sp³-hybridized carbons (Fsp3) is 0.625. The molecule has 1 aromatic heterocycles. The molecular formula is C16H23N3O3S. The quantitative estimate of drug-likeness (QED) is 0.905. The summed E-state index contributed by atoms with van der Waals surface area (Å²) in [6, 6.07) is 1.68. The van der Waals surface area contributed by atoms with Gasteiger partial charge in [0.15, 0.2) is 9.84 Å². The summed E-state index contributed by atoms with van der Waals surface area (Å²) in [6.07, 6.45) is 6.03. The van der Waals surface area contributed by atoms with Crippen molar-refractivity contribution < 1.29 is 13.2 Å². The summed E-state index contributed by atoms with van der Waals surface area (Å²) in [5.41, 5.74) is 1.27. The largest absolute Gasteiger partial charge is 0.380 e. The summed E-state index contributed by atoms with van der Waals surface area (Å²) in [7, 11) is -2.92. The molecule has 2 aliphatic heterocycles. The number of likely N-dealkylation sites (tertiary alicyclic amines) is 1. The molecule has 0 bridgehead atoms. The first-order valence-corrected chi connectivity index (χ1v) is 9.96. The Morgan fingerprint density at radius 1 is 1.35 bits per heavy atom. The maximum atomic E-state index is 12.6. The van der Waals surface area contributed by atoms with E-state index in [1.807, 2.05) is 4.90 Å². The van der Waals surface area contributed by atoms with Crippen LogP contribution in [0.3, 0.4) is 0 Å². The molecule has 0 spiro atoms. The van der Waals surface area contributed by atoms with Crippen molar-refractivity contribution in [3.05, 3.63) is 24.0 Å². The predicted octanol–water partition coefficient (Wildman–Crippen LogP) is 1.55. The predicted molar refractivity (Wildman–Crippen MR) is 89.2 cm³/mol. The lowest BCUT2D eigenvalue weighted by molar-refractivity contribution is 0.0682. The number of anilines is 1. The van der Waals surface area contributed by atoms with E-state index in [1.54, 1.807) is 18.5 Å². The second kappa shape index (κ2) is 6.47. The molecule has 2 saturated heterocycles. The van der Waals surface area contributed by atoms with E-state index in [0.717, 1.165) is 19.5 Å². The molecule has 3 heterocycles. The van der Waals surface area contributed by atoms with Crippen molar-refractivity contribution in [3.8, 4) is 0 Å². The molecule has 0 saturated carbocycles. The third-order valence-electron chi connectivity index (χ3n) is 4.53. The van der Waals surface area contributed by atoms with Gasteiger partial charge >= 0.3 is 0 Å². The smallest absolute Gasteiger partial charge is 0.255 e. The highest BCUT2D eigenvalue weighted by Gasteiger charge is 2.28. The van der Waals surface area contributed by atoms with Crippen LogP contribution in [0, 0.1) is 5.92 Å². The van der Waals surface area contributed by atoms with Crippen molar-refractivity contribution in [2.24, 2.45) is 5.92 Å². The van der Waals surface area contributed by atoms with Gasteiger partial charge in [0.05, 0.1) is 22.8 Å². The number of amides is 1. The number of carbonyl (C=O) groups excluding carboxylic acids is 1. The number of rotatable bonds is 3. The Hall–Kier alpha value is -1.63. The van der Waals surface area contributed by atoms with Gasteiger partial charge in [-0.3, -0.25) is 9.78 Å². The van der Waals surface area contributed by atoms with E-state index in [-0.39, 0.29) is 23.5 Å². The standard InChI is InChI=1S/C16H23N3O3S/c1-12-3-2-5-19(10-12)16(20)13-7-15(9-17-8-13)18-14-4-6-23(21,22)11-14/h7-9,12,14,18H,2-6,10-11H2,1H3. The van der Waals surface area contributed by atoms with Gasteiger partial charge < -0.3 is 10.2 Å². The molecule has 1 N–H and O–H groups in total. The van der Waals surface area contributed by atoms with Gasteiger partial charge in [-0.05, 0) is 31.2 Å². The molecule has 6 nitrogen and oxygen atoms in total. The van der Waals surface area contributed by atoms with Gasteiger partial charge in [-0.2, -0.15) is 0 Å². The number of aromatic nitrogens is 1. The molecule has 0 aliphatic carbocycles. The monoisotopic (exact) mass is 337 g/mol. The van der Waals surface area contributed by atoms with Gasteiger partial charge in [0.2, 0.25) is 0 Å². The summed E-state index contributed by atoms with van der Waals surface area (Å²) < 4.78 is 23.1. The number of hydrogen-bond acceptors (Lipinski definition) is 5. The van der Waals surface area contributed by atoms with Crippen molar-refractivity contribution in [3.63, 3.8) is 0 Å². The van der Waals surface area contributed by atoms with E-state index in [0.29, 0.717) is 23.6 Å². The van der Waals surface area contributed by atoms with Gasteiger partial charge in [0, 0.05) is 31.5 Å². The minimum atomic E-state index is -2.92. The minimum absolute atomic E-state index is 0.00624. The van der Waals surface area contributed by atoms with E-state index in [2.05, 4.69) is 17.2 Å². The zero-order valence-electron chi connectivity index (χ0n) is 13.4. The van der Waals surface area contributed by atoms with Crippen LogP contribution in [0.1, 0.15) is 36.5 Å². The summed E-state index contributed by atoms with van der Waals surface area (Å²) in [5, 5.41) is 3.19. The number of pyridine rings is 1. The van der Waals surface area contributed by atoms with E-state index in [9.17, 15) is 13.2 Å². The second-order valence-electron chi connectivity index (χ2n) is 6.71. The Bertz CT molecular complexity index is 690. The second-order valence-corrected chi connectivity index (χ2v) is 8.93. The Kier molecular flexibility index (Phi) is 4.57. The number of nitrogens with one attached hydrogen (secondary N) is 1. The van der Waals surface area contributed by atoms with Gasteiger partial charge in [-0.15, -0.1) is 0 Å². The molecule has 1 aromatic rings. The summed E-state index contributed by atoms with van der Waals surface area (Å²) >= 11 is 0. The molecule has 3 rings (SSSR count). The van der Waals surface area contributed by atoms with Crippen LogP contribution < -0.4 is 5.32 Å². The van der Waals surface area contributed by atoms with Crippen molar-refractivity contribution in [1.29, 1.82) is 0 Å². The highest BCUT2D eigenvalue weighted by Crippen LogP contribution is 2.21. The molecule has 23 heavy (non-hydrogen) atoms. The molecular weight excluding hydrogens is 314 g/mol. The third-order valence-corrected chi connectivity index (χ3v) is 6.30. The molecule has 2 unspecified atom stereocenters. The molecule has 2 atom stereocenters. The van der Waals surface area contributed by atoms with Crippen LogP contribution in [0.2, 0.25) is 0 Å². The molecule has 2 aliphatic rings. The minimum Gasteiger partial charge on any atom is -0.380 e. The SMILES string of the molecule is CC1CCCN(C(=O)c2cncc(NC3CCS(=O)(=O)C3)c2)C1. The first kappa shape index (κ1) is 16.2. The molecule has 7 heteroatoms. The normalized spacial score (nSPS) is 26.9. The number of nitrogens with zero attached hydrogens (tertiary/aromatic N) is 2. The Morgan fingerprint density at radius 3 is 2.87 bits per heavy atom. The highest BCUT2D eigenvalue weighted by atomic mass is 32.2. The Balaban J connectivity index is 1.68. The first-order chi connectivity index (χ1) is 10.9. The lowest BCUT2D eigenvalue weighted by atomic mass is 10.00. The van der Waals surface area contributed by atoms with Crippen LogP contribution in [0.15, 0.2) is 18.5 Å². The average Bonchev–Trinajstić information content (AvgIpc) is 2.85. The first-order valence-electron chi connectivity index (χ1n) is 8.14. The van der Waals surface area contributed by atoms with Gasteiger partial charge in [0.25, 0.3) is 5.91 Å². The van der Waals surface area contributed by atoms with Crippen LogP contribution in [0.25, 0.3) is 0 Å². The molecule has 0 radical (unpaired) electrons. The van der Waals surface area contributed by atoms with Crippen LogP contribution in [0.5, 0.6) is 0 Å². The fourth-order valence-electron chi connectivity index (χ4n) is 3.34. The van der Waals surface area contributed by atoms with Crippen molar-refractivity contribution >= 4 is 21.4 Å². The Morgan fingerprint density at radius 2 is 2.17 bits per heavy atom. The topological polar surface area (TPSA) is 79.4 Å². The van der Waals surface area contributed by atoms with E-state index in [1.165, 1.54) is 6.42 Å². The summed E-state index contributed by atoms with van der Waals surface area (Å²) in [6.45, 7) is 3.75. The third kappa shape index (κ3) is 4.02. The molecule has 126 valence electrons. The zero-order valence-corrected chi connectivity index (χ0v) is 14.2. The number of hydrogen-bond donors (Lipinski definition) is 1. The average molecular weight is 337 g/mol. The number of piperidine rings is 1. The van der Waals surface area contributed by atoms with E-state index >= 15 is 0 Å². The molecule has 1 amide bonds. The van der Waals surface area contributed by atoms with Gasteiger partial charge in [-0.25, -0.2) is 8.42 Å². The van der Waals surface area contributed by atoms with Crippen molar-refractivity contribution in [1.82, 2.24) is 9.88 Å². The Labute approximate surface area is 137 Å². The number of sulfone groups is 1. The van der Waals surface area contributed by atoms with Crippen LogP contribution in [-0.4, -0.2) is 54.8 Å². The van der Waals surface area contributed by atoms with E-state index in [4.69, 9.17) is 0 Å². The lowest BCUT2D eigenvalue weighted by Gasteiger charge is -2.31. The van der Waals surface area contributed by atoms with Crippen LogP contribution in [-0.2, 0) is 9.84 Å². The number of carbonyl (C=O) groups is 1.